The molecular formula is C19H37N3O. The molecule has 3 heterocycles. The number of nitrogens with zero attached hydrogens (tertiary/aromatic N) is 3. The summed E-state index contributed by atoms with van der Waals surface area (Å²) < 4.78 is 5.88. The van der Waals surface area contributed by atoms with Gasteiger partial charge in [-0.05, 0) is 65.1 Å². The van der Waals surface area contributed by atoms with E-state index in [1.807, 2.05) is 0 Å². The molecule has 0 aliphatic carbocycles. The van der Waals surface area contributed by atoms with Crippen LogP contribution < -0.4 is 0 Å². The highest BCUT2D eigenvalue weighted by molar-refractivity contribution is 4.85. The van der Waals surface area contributed by atoms with Gasteiger partial charge in [-0.3, -0.25) is 9.80 Å². The summed E-state index contributed by atoms with van der Waals surface area (Å²) in [5.74, 6) is 0.941. The second-order valence-electron chi connectivity index (χ2n) is 8.33. The lowest BCUT2D eigenvalue weighted by molar-refractivity contribution is -0.0723. The summed E-state index contributed by atoms with van der Waals surface area (Å²) in [6, 6.07) is 0.774. The van der Waals surface area contributed by atoms with E-state index in [-0.39, 0.29) is 0 Å². The third-order valence-electron chi connectivity index (χ3n) is 6.04. The Balaban J connectivity index is 1.42. The van der Waals surface area contributed by atoms with Gasteiger partial charge >= 0.3 is 0 Å². The molecule has 0 unspecified atom stereocenters. The van der Waals surface area contributed by atoms with E-state index in [1.54, 1.807) is 0 Å². The Kier molecular flexibility index (Phi) is 6.36. The standard InChI is InChI=1S/C19H37N3O/c1-16-6-9-20(10-7-16)11-12-22-8-4-5-19(22)15-21-13-17(2)23-18(3)14-21/h16-19H,4-15H2,1-3H3/t17-,18-,19-/m1/s1. The molecule has 4 heteroatoms. The average Bonchev–Trinajstić information content (AvgIpc) is 2.93. The fourth-order valence-corrected chi connectivity index (χ4v) is 4.68. The van der Waals surface area contributed by atoms with E-state index in [4.69, 9.17) is 4.74 Å². The molecule has 0 aromatic heterocycles. The van der Waals surface area contributed by atoms with Crippen LogP contribution in [-0.2, 0) is 4.74 Å². The van der Waals surface area contributed by atoms with Crippen molar-refractivity contribution in [3.63, 3.8) is 0 Å². The van der Waals surface area contributed by atoms with Gasteiger partial charge in [-0.25, -0.2) is 0 Å². The van der Waals surface area contributed by atoms with Crippen LogP contribution in [0.1, 0.15) is 46.5 Å². The Bertz CT molecular complexity index is 347. The minimum Gasteiger partial charge on any atom is -0.373 e. The smallest absolute Gasteiger partial charge is 0.0678 e. The Labute approximate surface area is 143 Å². The van der Waals surface area contributed by atoms with Crippen LogP contribution in [0.15, 0.2) is 0 Å². The zero-order chi connectivity index (χ0) is 16.2. The summed E-state index contributed by atoms with van der Waals surface area (Å²) in [4.78, 5) is 8.10. The number of hydrogen-bond acceptors (Lipinski definition) is 4. The van der Waals surface area contributed by atoms with Gasteiger partial charge in [-0.1, -0.05) is 6.92 Å². The van der Waals surface area contributed by atoms with E-state index in [2.05, 4.69) is 35.5 Å². The highest BCUT2D eigenvalue weighted by atomic mass is 16.5. The number of hydrogen-bond donors (Lipinski definition) is 0. The molecule has 3 aliphatic rings. The first kappa shape index (κ1) is 17.7. The van der Waals surface area contributed by atoms with Crippen LogP contribution in [0.3, 0.4) is 0 Å². The van der Waals surface area contributed by atoms with Gasteiger partial charge in [0.15, 0.2) is 0 Å². The average molecular weight is 324 g/mol. The molecule has 0 saturated carbocycles. The van der Waals surface area contributed by atoms with Gasteiger partial charge in [-0.15, -0.1) is 0 Å². The maximum Gasteiger partial charge on any atom is 0.0678 e. The zero-order valence-corrected chi connectivity index (χ0v) is 15.5. The molecule has 3 atom stereocenters. The van der Waals surface area contributed by atoms with E-state index in [0.29, 0.717) is 12.2 Å². The number of morpholine rings is 1. The summed E-state index contributed by atoms with van der Waals surface area (Å²) in [6.45, 7) is 16.8. The van der Waals surface area contributed by atoms with Crippen LogP contribution in [0.5, 0.6) is 0 Å². The molecule has 3 rings (SSSR count). The van der Waals surface area contributed by atoms with Crippen molar-refractivity contribution in [3.05, 3.63) is 0 Å². The minimum absolute atomic E-state index is 0.393. The Morgan fingerprint density at radius 2 is 1.52 bits per heavy atom. The molecule has 3 saturated heterocycles. The molecule has 0 spiro atoms. The van der Waals surface area contributed by atoms with Crippen molar-refractivity contribution in [1.29, 1.82) is 0 Å². The third kappa shape index (κ3) is 5.15. The van der Waals surface area contributed by atoms with Crippen LogP contribution in [0, 0.1) is 5.92 Å². The maximum atomic E-state index is 5.88. The predicted molar refractivity (Wildman–Crippen MR) is 95.9 cm³/mol. The third-order valence-corrected chi connectivity index (χ3v) is 6.04. The summed E-state index contributed by atoms with van der Waals surface area (Å²) in [6.07, 6.45) is 6.35. The Morgan fingerprint density at radius 1 is 0.826 bits per heavy atom. The normalized spacial score (nSPS) is 35.9. The van der Waals surface area contributed by atoms with Crippen molar-refractivity contribution >= 4 is 0 Å². The lowest BCUT2D eigenvalue weighted by atomic mass is 9.99. The van der Waals surface area contributed by atoms with Crippen LogP contribution in [0.4, 0.5) is 0 Å². The Hall–Kier alpha value is -0.160. The summed E-state index contributed by atoms with van der Waals surface area (Å²) in [7, 11) is 0. The lowest BCUT2D eigenvalue weighted by Gasteiger charge is -2.39. The Morgan fingerprint density at radius 3 is 2.22 bits per heavy atom. The maximum absolute atomic E-state index is 5.88. The molecule has 0 aromatic rings. The predicted octanol–water partition coefficient (Wildman–Crippen LogP) is 2.29. The fourth-order valence-electron chi connectivity index (χ4n) is 4.68. The highest BCUT2D eigenvalue weighted by Gasteiger charge is 2.30. The van der Waals surface area contributed by atoms with Gasteiger partial charge < -0.3 is 9.64 Å². The van der Waals surface area contributed by atoms with E-state index in [1.165, 1.54) is 65.0 Å². The molecular weight excluding hydrogens is 286 g/mol. The van der Waals surface area contributed by atoms with Crippen molar-refractivity contribution < 1.29 is 4.74 Å². The van der Waals surface area contributed by atoms with Gasteiger partial charge in [0.05, 0.1) is 12.2 Å². The first-order valence-corrected chi connectivity index (χ1v) is 9.94. The second kappa shape index (κ2) is 8.28. The van der Waals surface area contributed by atoms with Gasteiger partial charge in [0, 0.05) is 38.8 Å². The summed E-state index contributed by atoms with van der Waals surface area (Å²) in [5.41, 5.74) is 0. The zero-order valence-electron chi connectivity index (χ0n) is 15.5. The van der Waals surface area contributed by atoms with Crippen molar-refractivity contribution in [1.82, 2.24) is 14.7 Å². The molecule has 0 radical (unpaired) electrons. The summed E-state index contributed by atoms with van der Waals surface area (Å²) >= 11 is 0. The van der Waals surface area contributed by atoms with Crippen LogP contribution >= 0.6 is 0 Å². The SMILES string of the molecule is CC1CCN(CCN2CCC[C@@H]2CN2C[C@@H](C)O[C@H](C)C2)CC1. The van der Waals surface area contributed by atoms with Crippen molar-refractivity contribution in [2.45, 2.75) is 64.7 Å². The molecule has 3 fully saturated rings. The van der Waals surface area contributed by atoms with E-state index in [9.17, 15) is 0 Å². The number of piperidine rings is 1. The van der Waals surface area contributed by atoms with Crippen LogP contribution in [0.25, 0.3) is 0 Å². The van der Waals surface area contributed by atoms with Crippen molar-refractivity contribution in [2.24, 2.45) is 5.92 Å². The second-order valence-corrected chi connectivity index (χ2v) is 8.33. The monoisotopic (exact) mass is 323 g/mol. The molecule has 0 amide bonds. The van der Waals surface area contributed by atoms with E-state index < -0.39 is 0 Å². The highest BCUT2D eigenvalue weighted by Crippen LogP contribution is 2.21. The number of ether oxygens (including phenoxy) is 1. The van der Waals surface area contributed by atoms with Gasteiger partial charge in [-0.2, -0.15) is 0 Å². The molecule has 0 N–H and O–H groups in total. The van der Waals surface area contributed by atoms with Gasteiger partial charge in [0.1, 0.15) is 0 Å². The number of rotatable bonds is 5. The first-order chi connectivity index (χ1) is 11.1. The van der Waals surface area contributed by atoms with Crippen LogP contribution in [0.2, 0.25) is 0 Å². The molecule has 0 aromatic carbocycles. The first-order valence-electron chi connectivity index (χ1n) is 9.94. The largest absolute Gasteiger partial charge is 0.373 e. The molecule has 3 aliphatic heterocycles. The van der Waals surface area contributed by atoms with Crippen molar-refractivity contribution in [2.75, 3.05) is 52.4 Å². The minimum atomic E-state index is 0.393. The summed E-state index contributed by atoms with van der Waals surface area (Å²) in [5, 5.41) is 0. The molecule has 4 nitrogen and oxygen atoms in total. The van der Waals surface area contributed by atoms with Crippen molar-refractivity contribution in [3.8, 4) is 0 Å². The van der Waals surface area contributed by atoms with E-state index >= 15 is 0 Å². The molecule has 23 heavy (non-hydrogen) atoms. The topological polar surface area (TPSA) is 19.0 Å². The van der Waals surface area contributed by atoms with Gasteiger partial charge in [0.2, 0.25) is 0 Å². The molecule has 0 bridgehead atoms. The van der Waals surface area contributed by atoms with Gasteiger partial charge in [0.25, 0.3) is 0 Å². The fraction of sp³-hybridized carbons (Fsp3) is 1.00. The molecule has 134 valence electrons. The van der Waals surface area contributed by atoms with Crippen LogP contribution in [-0.4, -0.2) is 85.3 Å². The van der Waals surface area contributed by atoms with E-state index in [0.717, 1.165) is 25.0 Å². The quantitative estimate of drug-likeness (QED) is 0.773. The number of likely N-dealkylation sites (tertiary alicyclic amines) is 2. The lowest BCUT2D eigenvalue weighted by Crippen LogP contribution is -2.50.